The quantitative estimate of drug-likeness (QED) is 0.674. The molecule has 0 saturated heterocycles. The van der Waals surface area contributed by atoms with Crippen molar-refractivity contribution in [3.63, 3.8) is 0 Å². The van der Waals surface area contributed by atoms with E-state index in [1.54, 1.807) is 0 Å². The molecule has 0 radical (unpaired) electrons. The maximum atomic E-state index is 12.4. The van der Waals surface area contributed by atoms with Gasteiger partial charge in [-0.05, 0) is 42.7 Å². The lowest BCUT2D eigenvalue weighted by Gasteiger charge is -2.03. The first kappa shape index (κ1) is 16.2. The van der Waals surface area contributed by atoms with Crippen molar-refractivity contribution in [1.29, 1.82) is 0 Å². The molecule has 24 heavy (non-hydrogen) atoms. The van der Waals surface area contributed by atoms with Gasteiger partial charge in [0.2, 0.25) is 0 Å². The molecule has 0 fully saturated rings. The van der Waals surface area contributed by atoms with Crippen molar-refractivity contribution in [2.75, 3.05) is 0 Å². The first-order valence-corrected chi connectivity index (χ1v) is 8.55. The molecule has 3 rings (SSSR count). The van der Waals surface area contributed by atoms with Gasteiger partial charge >= 0.3 is 0 Å². The van der Waals surface area contributed by atoms with Gasteiger partial charge in [0.15, 0.2) is 4.80 Å². The molecule has 0 atom stereocenters. The van der Waals surface area contributed by atoms with Crippen LogP contribution in [0.25, 0.3) is 10.2 Å². The van der Waals surface area contributed by atoms with Crippen LogP contribution in [-0.2, 0) is 17.8 Å². The number of carbonyl (C=O) groups excluding carboxylic acids is 1. The van der Waals surface area contributed by atoms with Crippen LogP contribution in [0.5, 0.6) is 0 Å². The Bertz CT molecular complexity index is 1020. The molecule has 1 aromatic heterocycles. The Morgan fingerprint density at radius 2 is 2.00 bits per heavy atom. The second-order valence-electron chi connectivity index (χ2n) is 5.74. The molecule has 0 spiro atoms. The van der Waals surface area contributed by atoms with Crippen molar-refractivity contribution in [2.45, 2.75) is 26.8 Å². The number of aromatic nitrogens is 1. The zero-order valence-corrected chi connectivity index (χ0v) is 14.6. The number of aryl methyl sites for hydroxylation is 2. The number of hydrogen-bond donors (Lipinski definition) is 0. The molecule has 4 heteroatoms. The molecule has 120 valence electrons. The molecule has 2 aromatic carbocycles. The van der Waals surface area contributed by atoms with Crippen molar-refractivity contribution in [3.05, 3.63) is 64.0 Å². The molecule has 1 amide bonds. The van der Waals surface area contributed by atoms with Gasteiger partial charge in [0, 0.05) is 0 Å². The number of nitrogens with zero attached hydrogens (tertiary/aromatic N) is 2. The monoisotopic (exact) mass is 334 g/mol. The van der Waals surface area contributed by atoms with Gasteiger partial charge in [0.25, 0.3) is 5.91 Å². The number of hydrogen-bond acceptors (Lipinski definition) is 2. The summed E-state index contributed by atoms with van der Waals surface area (Å²) in [4.78, 5) is 17.4. The minimum atomic E-state index is -0.157. The van der Waals surface area contributed by atoms with E-state index in [9.17, 15) is 4.79 Å². The predicted molar refractivity (Wildman–Crippen MR) is 98.8 cm³/mol. The summed E-state index contributed by atoms with van der Waals surface area (Å²) in [5.41, 5.74) is 4.40. The molecule has 0 saturated carbocycles. The summed E-state index contributed by atoms with van der Waals surface area (Å²) in [5, 5.41) is 0. The highest BCUT2D eigenvalue weighted by Gasteiger charge is 2.08. The Morgan fingerprint density at radius 1 is 1.21 bits per heavy atom. The van der Waals surface area contributed by atoms with E-state index in [1.165, 1.54) is 22.5 Å². The number of benzene rings is 2. The zero-order chi connectivity index (χ0) is 17.1. The van der Waals surface area contributed by atoms with Crippen LogP contribution in [0.2, 0.25) is 0 Å². The van der Waals surface area contributed by atoms with Crippen molar-refractivity contribution in [1.82, 2.24) is 4.57 Å². The summed E-state index contributed by atoms with van der Waals surface area (Å²) in [5.74, 6) is 2.48. The van der Waals surface area contributed by atoms with Crippen LogP contribution in [0.3, 0.4) is 0 Å². The van der Waals surface area contributed by atoms with Crippen LogP contribution in [0.15, 0.2) is 47.5 Å². The number of amides is 1. The summed E-state index contributed by atoms with van der Waals surface area (Å²) >= 11 is 1.49. The van der Waals surface area contributed by atoms with Crippen molar-refractivity contribution in [3.8, 4) is 12.3 Å². The molecule has 0 aliphatic rings. The SMILES string of the molecule is C#CCn1c(=NC(=O)Cc2ccc(C)c(C)c2)sc2ccccc21. The second kappa shape index (κ2) is 6.86. The van der Waals surface area contributed by atoms with Crippen molar-refractivity contribution >= 4 is 27.5 Å². The molecular formula is C20H18N2OS. The van der Waals surface area contributed by atoms with Crippen LogP contribution in [0.4, 0.5) is 0 Å². The first-order valence-electron chi connectivity index (χ1n) is 7.74. The molecule has 0 aliphatic heterocycles. The zero-order valence-electron chi connectivity index (χ0n) is 13.7. The van der Waals surface area contributed by atoms with Crippen LogP contribution < -0.4 is 4.80 Å². The maximum Gasteiger partial charge on any atom is 0.252 e. The summed E-state index contributed by atoms with van der Waals surface area (Å²) < 4.78 is 2.99. The third-order valence-corrected chi connectivity index (χ3v) is 5.04. The van der Waals surface area contributed by atoms with E-state index >= 15 is 0 Å². The molecule has 0 N–H and O–H groups in total. The largest absolute Gasteiger partial charge is 0.305 e. The molecule has 0 bridgehead atoms. The van der Waals surface area contributed by atoms with Crippen LogP contribution in [0, 0.1) is 26.2 Å². The van der Waals surface area contributed by atoms with Crippen molar-refractivity contribution < 1.29 is 4.79 Å². The highest BCUT2D eigenvalue weighted by molar-refractivity contribution is 7.16. The van der Waals surface area contributed by atoms with Gasteiger partial charge in [-0.1, -0.05) is 47.6 Å². The fraction of sp³-hybridized carbons (Fsp3) is 0.200. The van der Waals surface area contributed by atoms with Crippen LogP contribution in [-0.4, -0.2) is 10.5 Å². The smallest absolute Gasteiger partial charge is 0.252 e. The summed E-state index contributed by atoms with van der Waals surface area (Å²) in [7, 11) is 0. The van der Waals surface area contributed by atoms with E-state index in [4.69, 9.17) is 6.42 Å². The van der Waals surface area contributed by atoms with Gasteiger partial charge in [0.05, 0.1) is 23.2 Å². The van der Waals surface area contributed by atoms with Crippen LogP contribution >= 0.6 is 11.3 Å². The Morgan fingerprint density at radius 3 is 2.75 bits per heavy atom. The normalized spacial score (nSPS) is 11.6. The number of carbonyl (C=O) groups is 1. The van der Waals surface area contributed by atoms with Crippen LogP contribution in [0.1, 0.15) is 16.7 Å². The number of para-hydroxylation sites is 1. The molecule has 3 aromatic rings. The third kappa shape index (κ3) is 3.32. The van der Waals surface area contributed by atoms with E-state index in [0.717, 1.165) is 15.8 Å². The molecule has 3 nitrogen and oxygen atoms in total. The van der Waals surface area contributed by atoms with Gasteiger partial charge in [-0.3, -0.25) is 4.79 Å². The van der Waals surface area contributed by atoms with E-state index < -0.39 is 0 Å². The fourth-order valence-corrected chi connectivity index (χ4v) is 3.63. The van der Waals surface area contributed by atoms with E-state index in [0.29, 0.717) is 17.8 Å². The lowest BCUT2D eigenvalue weighted by molar-refractivity contribution is -0.117. The average molecular weight is 334 g/mol. The molecular weight excluding hydrogens is 316 g/mol. The highest BCUT2D eigenvalue weighted by atomic mass is 32.1. The minimum absolute atomic E-state index is 0.157. The maximum absolute atomic E-state index is 12.4. The number of fused-ring (bicyclic) bond motifs is 1. The molecule has 0 aliphatic carbocycles. The lowest BCUT2D eigenvalue weighted by Crippen LogP contribution is -2.17. The number of terminal acetylenes is 1. The molecule has 0 unspecified atom stereocenters. The Hall–Kier alpha value is -2.64. The van der Waals surface area contributed by atoms with Gasteiger partial charge in [-0.25, -0.2) is 0 Å². The van der Waals surface area contributed by atoms with Crippen molar-refractivity contribution in [2.24, 2.45) is 4.99 Å². The number of rotatable bonds is 3. The average Bonchev–Trinajstić information content (AvgIpc) is 2.89. The van der Waals surface area contributed by atoms with E-state index in [1.807, 2.05) is 54.0 Å². The topological polar surface area (TPSA) is 34.4 Å². The van der Waals surface area contributed by atoms with E-state index in [2.05, 4.69) is 17.8 Å². The standard InChI is InChI=1S/C20H18N2OS/c1-4-11-22-17-7-5-6-8-18(17)24-20(22)21-19(23)13-16-10-9-14(2)15(3)12-16/h1,5-10,12H,11,13H2,2-3H3. The highest BCUT2D eigenvalue weighted by Crippen LogP contribution is 2.16. The summed E-state index contributed by atoms with van der Waals surface area (Å²) in [6.45, 7) is 4.51. The van der Waals surface area contributed by atoms with Gasteiger partial charge in [-0.2, -0.15) is 4.99 Å². The Balaban J connectivity index is 1.96. The third-order valence-electron chi connectivity index (χ3n) is 3.98. The second-order valence-corrected chi connectivity index (χ2v) is 6.75. The summed E-state index contributed by atoms with van der Waals surface area (Å²) in [6, 6.07) is 14.0. The number of thiazole rings is 1. The fourth-order valence-electron chi connectivity index (χ4n) is 2.58. The summed E-state index contributed by atoms with van der Waals surface area (Å²) in [6.07, 6.45) is 5.77. The van der Waals surface area contributed by atoms with Gasteiger partial charge < -0.3 is 4.57 Å². The molecule has 1 heterocycles. The Kier molecular flexibility index (Phi) is 4.64. The minimum Gasteiger partial charge on any atom is -0.305 e. The predicted octanol–water partition coefficient (Wildman–Crippen LogP) is 3.62. The van der Waals surface area contributed by atoms with E-state index in [-0.39, 0.29) is 5.91 Å². The van der Waals surface area contributed by atoms with Gasteiger partial charge in [0.1, 0.15) is 0 Å². The Labute approximate surface area is 145 Å². The first-order chi connectivity index (χ1) is 11.6. The lowest BCUT2D eigenvalue weighted by atomic mass is 10.0. The van der Waals surface area contributed by atoms with Gasteiger partial charge in [-0.15, -0.1) is 6.42 Å².